The fraction of sp³-hybridized carbons (Fsp3) is 0.286. The van der Waals surface area contributed by atoms with Gasteiger partial charge >= 0.3 is 5.69 Å². The van der Waals surface area contributed by atoms with E-state index in [1.807, 2.05) is 0 Å². The number of amides is 2. The van der Waals surface area contributed by atoms with E-state index in [9.17, 15) is 19.5 Å². The molecule has 2 aliphatic heterocycles. The second-order valence-corrected chi connectivity index (χ2v) is 9.23. The number of hydrogen-bond acceptors (Lipinski definition) is 6. The van der Waals surface area contributed by atoms with Gasteiger partial charge in [0.15, 0.2) is 0 Å². The van der Waals surface area contributed by atoms with E-state index in [0.29, 0.717) is 52.4 Å². The number of carbonyl (C=O) groups is 2. The average Bonchev–Trinajstić information content (AvgIpc) is 3.46. The fourth-order valence-corrected chi connectivity index (χ4v) is 5.06. The third kappa shape index (κ3) is 3.50. The van der Waals surface area contributed by atoms with Crippen LogP contribution in [0.2, 0.25) is 4.34 Å². The predicted octanol–water partition coefficient (Wildman–Crippen LogP) is 2.30. The highest BCUT2D eigenvalue weighted by Crippen LogP contribution is 2.34. The van der Waals surface area contributed by atoms with Crippen molar-refractivity contribution in [2.45, 2.75) is 19.0 Å². The molecule has 0 bridgehead atoms. The maximum Gasteiger partial charge on any atom is 0.335 e. The van der Waals surface area contributed by atoms with Crippen molar-refractivity contribution < 1.29 is 19.4 Å². The molecule has 0 spiro atoms. The zero-order valence-corrected chi connectivity index (χ0v) is 18.4. The molecule has 0 radical (unpaired) electrons. The summed E-state index contributed by atoms with van der Waals surface area (Å²) in [5.74, 6) is -0.644. The maximum atomic E-state index is 13.0. The Kier molecular flexibility index (Phi) is 5.28. The molecule has 9 nitrogen and oxygen atoms in total. The number of ether oxygens (including phenoxy) is 1. The SMILES string of the molecule is O=C(N[C@@H]1CCn2c1c(O)n(-c1ccc(N3CCOCC3=O)cc1)c2=O)c1ccc(Cl)s1. The monoisotopic (exact) mass is 474 g/mol. The third-order valence-corrected chi connectivity index (χ3v) is 6.86. The van der Waals surface area contributed by atoms with Crippen LogP contribution in [0.1, 0.15) is 27.8 Å². The van der Waals surface area contributed by atoms with E-state index in [0.717, 1.165) is 11.3 Å². The predicted molar refractivity (Wildman–Crippen MR) is 119 cm³/mol. The van der Waals surface area contributed by atoms with Gasteiger partial charge in [-0.1, -0.05) is 11.6 Å². The van der Waals surface area contributed by atoms with E-state index in [2.05, 4.69) is 5.32 Å². The summed E-state index contributed by atoms with van der Waals surface area (Å²) >= 11 is 7.07. The van der Waals surface area contributed by atoms with Crippen molar-refractivity contribution in [1.82, 2.24) is 14.5 Å². The van der Waals surface area contributed by atoms with Crippen LogP contribution in [0.15, 0.2) is 41.2 Å². The molecule has 1 fully saturated rings. The number of halogens is 1. The topological polar surface area (TPSA) is 106 Å². The molecule has 0 aliphatic carbocycles. The summed E-state index contributed by atoms with van der Waals surface area (Å²) in [4.78, 5) is 39.6. The first-order chi connectivity index (χ1) is 15.4. The second kappa shape index (κ2) is 8.12. The molecule has 5 rings (SSSR count). The molecule has 2 N–H and O–H groups in total. The van der Waals surface area contributed by atoms with E-state index < -0.39 is 6.04 Å². The van der Waals surface area contributed by atoms with Crippen LogP contribution in [-0.4, -0.2) is 45.8 Å². The Labute approximate surface area is 191 Å². The van der Waals surface area contributed by atoms with Crippen molar-refractivity contribution in [2.75, 3.05) is 24.7 Å². The molecule has 1 atom stereocenters. The number of aromatic nitrogens is 2. The molecule has 11 heteroatoms. The number of anilines is 1. The van der Waals surface area contributed by atoms with Gasteiger partial charge in [0.1, 0.15) is 12.3 Å². The highest BCUT2D eigenvalue weighted by atomic mass is 35.5. The van der Waals surface area contributed by atoms with Crippen molar-refractivity contribution in [3.63, 3.8) is 0 Å². The van der Waals surface area contributed by atoms with Gasteiger partial charge in [-0.05, 0) is 42.8 Å². The Balaban J connectivity index is 1.42. The molecular weight excluding hydrogens is 456 g/mol. The van der Waals surface area contributed by atoms with Gasteiger partial charge in [0.25, 0.3) is 11.8 Å². The molecule has 3 aromatic rings. The van der Waals surface area contributed by atoms with Gasteiger partial charge in [-0.2, -0.15) is 0 Å². The number of imidazole rings is 1. The minimum absolute atomic E-state index is 0.0407. The quantitative estimate of drug-likeness (QED) is 0.603. The lowest BCUT2D eigenvalue weighted by molar-refractivity contribution is -0.125. The first-order valence-electron chi connectivity index (χ1n) is 10.0. The Bertz CT molecular complexity index is 1260. The number of benzene rings is 1. The van der Waals surface area contributed by atoms with Crippen LogP contribution in [0.25, 0.3) is 5.69 Å². The number of nitrogens with one attached hydrogen (secondary N) is 1. The summed E-state index contributed by atoms with van der Waals surface area (Å²) in [6, 6.07) is 9.60. The number of carbonyl (C=O) groups excluding carboxylic acids is 2. The first-order valence-corrected chi connectivity index (χ1v) is 11.2. The molecule has 166 valence electrons. The van der Waals surface area contributed by atoms with E-state index in [-0.39, 0.29) is 30.0 Å². The highest BCUT2D eigenvalue weighted by Gasteiger charge is 2.33. The number of nitrogens with zero attached hydrogens (tertiary/aromatic N) is 3. The van der Waals surface area contributed by atoms with E-state index >= 15 is 0 Å². The minimum atomic E-state index is -0.498. The molecule has 0 saturated carbocycles. The maximum absolute atomic E-state index is 13.0. The molecule has 32 heavy (non-hydrogen) atoms. The minimum Gasteiger partial charge on any atom is -0.493 e. The highest BCUT2D eigenvalue weighted by molar-refractivity contribution is 7.18. The van der Waals surface area contributed by atoms with Gasteiger partial charge in [-0.3, -0.25) is 14.2 Å². The summed E-state index contributed by atoms with van der Waals surface area (Å²) in [6.07, 6.45) is 0.502. The largest absolute Gasteiger partial charge is 0.493 e. The normalized spacial score (nSPS) is 18.1. The molecule has 2 amide bonds. The number of hydrogen-bond donors (Lipinski definition) is 2. The van der Waals surface area contributed by atoms with E-state index in [1.165, 1.54) is 9.13 Å². The van der Waals surface area contributed by atoms with Crippen LogP contribution in [0.3, 0.4) is 0 Å². The van der Waals surface area contributed by atoms with Crippen molar-refractivity contribution in [1.29, 1.82) is 0 Å². The Morgan fingerprint density at radius 2 is 1.88 bits per heavy atom. The van der Waals surface area contributed by atoms with Crippen molar-refractivity contribution >= 4 is 40.4 Å². The van der Waals surface area contributed by atoms with Gasteiger partial charge < -0.3 is 20.1 Å². The van der Waals surface area contributed by atoms with Crippen molar-refractivity contribution in [3.05, 3.63) is 61.8 Å². The standard InChI is InChI=1S/C21H19ClN4O5S/c22-16-6-5-15(32-16)19(28)23-14-7-8-25-18(14)20(29)26(21(25)30)13-3-1-12(2-4-13)24-9-10-31-11-17(24)27/h1-6,14,29H,7-11H2,(H,23,28)/t14-/m1/s1. The van der Waals surface area contributed by atoms with Gasteiger partial charge in [0, 0.05) is 18.8 Å². The van der Waals surface area contributed by atoms with Crippen molar-refractivity contribution in [2.24, 2.45) is 0 Å². The van der Waals surface area contributed by atoms with E-state index in [4.69, 9.17) is 16.3 Å². The number of morpholine rings is 1. The van der Waals surface area contributed by atoms with Gasteiger partial charge in [-0.25, -0.2) is 9.36 Å². The molecule has 2 aliphatic rings. The zero-order valence-electron chi connectivity index (χ0n) is 16.8. The van der Waals surface area contributed by atoms with Crippen LogP contribution in [-0.2, 0) is 16.1 Å². The Morgan fingerprint density at radius 1 is 1.12 bits per heavy atom. The van der Waals surface area contributed by atoms with Crippen molar-refractivity contribution in [3.8, 4) is 11.6 Å². The number of rotatable bonds is 4. The van der Waals surface area contributed by atoms with Crippen LogP contribution < -0.4 is 15.9 Å². The molecule has 1 saturated heterocycles. The fourth-order valence-electron chi connectivity index (χ4n) is 4.12. The molecule has 4 heterocycles. The molecular formula is C21H19ClN4O5S. The summed E-state index contributed by atoms with van der Waals surface area (Å²) in [6.45, 7) is 1.34. The second-order valence-electron chi connectivity index (χ2n) is 7.51. The number of thiophene rings is 1. The van der Waals surface area contributed by atoms with Crippen LogP contribution >= 0.6 is 22.9 Å². The summed E-state index contributed by atoms with van der Waals surface area (Å²) in [5.41, 5.74) is 1.15. The van der Waals surface area contributed by atoms with Gasteiger partial charge in [0.2, 0.25) is 5.88 Å². The number of aromatic hydroxyl groups is 1. The number of fused-ring (bicyclic) bond motifs is 1. The lowest BCUT2D eigenvalue weighted by Crippen LogP contribution is -2.41. The summed E-state index contributed by atoms with van der Waals surface area (Å²) in [5, 5.41) is 13.8. The van der Waals surface area contributed by atoms with Crippen LogP contribution in [0, 0.1) is 0 Å². The Morgan fingerprint density at radius 3 is 2.56 bits per heavy atom. The smallest absolute Gasteiger partial charge is 0.335 e. The lowest BCUT2D eigenvalue weighted by atomic mass is 10.2. The van der Waals surface area contributed by atoms with Crippen LogP contribution in [0.5, 0.6) is 5.88 Å². The zero-order chi connectivity index (χ0) is 22.4. The van der Waals surface area contributed by atoms with E-state index in [1.54, 1.807) is 41.3 Å². The average molecular weight is 475 g/mol. The van der Waals surface area contributed by atoms with Crippen LogP contribution in [0.4, 0.5) is 5.69 Å². The third-order valence-electron chi connectivity index (χ3n) is 5.63. The summed E-state index contributed by atoms with van der Waals surface area (Å²) < 4.78 is 8.34. The summed E-state index contributed by atoms with van der Waals surface area (Å²) in [7, 11) is 0. The first kappa shape index (κ1) is 20.8. The Hall–Kier alpha value is -3.08. The van der Waals surface area contributed by atoms with Gasteiger partial charge in [-0.15, -0.1) is 11.3 Å². The lowest BCUT2D eigenvalue weighted by Gasteiger charge is -2.26. The molecule has 2 aromatic heterocycles. The van der Waals surface area contributed by atoms with Gasteiger partial charge in [0.05, 0.1) is 27.5 Å². The molecule has 0 unspecified atom stereocenters. The molecule has 1 aromatic carbocycles.